The normalized spacial score (nSPS) is 12.7. The molecule has 148 valence electrons. The van der Waals surface area contributed by atoms with Crippen molar-refractivity contribution in [2.45, 2.75) is 17.4 Å². The van der Waals surface area contributed by atoms with Crippen molar-refractivity contribution in [1.29, 1.82) is 0 Å². The van der Waals surface area contributed by atoms with E-state index >= 15 is 0 Å². The summed E-state index contributed by atoms with van der Waals surface area (Å²) in [5.74, 6) is 0.786. The lowest BCUT2D eigenvalue weighted by Gasteiger charge is -2.15. The van der Waals surface area contributed by atoms with E-state index in [-0.39, 0.29) is 17.9 Å². The Hall–Kier alpha value is -2.61. The molecule has 0 bridgehead atoms. The first-order valence-electron chi connectivity index (χ1n) is 8.83. The van der Waals surface area contributed by atoms with E-state index in [9.17, 15) is 13.5 Å². The van der Waals surface area contributed by atoms with Crippen LogP contribution in [0.4, 0.5) is 0 Å². The number of aliphatic hydroxyl groups excluding tert-OH is 1. The number of nitrogens with one attached hydrogen (secondary N) is 1. The Balaban J connectivity index is 1.70. The summed E-state index contributed by atoms with van der Waals surface area (Å²) in [6.07, 6.45) is -0.528. The molecule has 0 aromatic heterocycles. The predicted molar refractivity (Wildman–Crippen MR) is 108 cm³/mol. The molecule has 0 saturated carbocycles. The fourth-order valence-corrected chi connectivity index (χ4v) is 4.16. The van der Waals surface area contributed by atoms with Gasteiger partial charge in [0.25, 0.3) is 0 Å². The van der Waals surface area contributed by atoms with E-state index in [1.165, 1.54) is 26.4 Å². The summed E-state index contributed by atoms with van der Waals surface area (Å²) in [5, 5.41) is 12.6. The molecular formula is C21H23NO5S. The second kappa shape index (κ2) is 8.60. The summed E-state index contributed by atoms with van der Waals surface area (Å²) in [6, 6.07) is 17.9. The first kappa shape index (κ1) is 20.1. The first-order valence-corrected chi connectivity index (χ1v) is 10.3. The Morgan fingerprint density at radius 3 is 2.43 bits per heavy atom. The Bertz CT molecular complexity index is 1060. The van der Waals surface area contributed by atoms with Crippen LogP contribution in [-0.4, -0.2) is 34.3 Å². The van der Waals surface area contributed by atoms with Crippen molar-refractivity contribution in [3.8, 4) is 11.5 Å². The molecule has 3 aromatic carbocycles. The third-order valence-electron chi connectivity index (χ3n) is 4.56. The SMILES string of the molecule is COc1ccc(S(=O)(=O)NCCC(O)c2cccc3ccccc23)cc1OC. The smallest absolute Gasteiger partial charge is 0.240 e. The molecular weight excluding hydrogens is 378 g/mol. The molecule has 0 spiro atoms. The summed E-state index contributed by atoms with van der Waals surface area (Å²) in [4.78, 5) is 0.0739. The van der Waals surface area contributed by atoms with Gasteiger partial charge >= 0.3 is 0 Å². The van der Waals surface area contributed by atoms with Gasteiger partial charge in [0.15, 0.2) is 11.5 Å². The molecule has 0 aliphatic rings. The van der Waals surface area contributed by atoms with E-state index in [2.05, 4.69) is 4.72 Å². The number of benzene rings is 3. The van der Waals surface area contributed by atoms with E-state index < -0.39 is 16.1 Å². The van der Waals surface area contributed by atoms with E-state index in [1.807, 2.05) is 42.5 Å². The number of sulfonamides is 1. The van der Waals surface area contributed by atoms with Crippen molar-refractivity contribution in [3.05, 3.63) is 66.2 Å². The number of methoxy groups -OCH3 is 2. The zero-order chi connectivity index (χ0) is 20.1. The highest BCUT2D eigenvalue weighted by Gasteiger charge is 2.18. The van der Waals surface area contributed by atoms with Crippen molar-refractivity contribution < 1.29 is 23.0 Å². The molecule has 0 heterocycles. The van der Waals surface area contributed by atoms with Crippen molar-refractivity contribution in [3.63, 3.8) is 0 Å². The Labute approximate surface area is 164 Å². The summed E-state index contributed by atoms with van der Waals surface area (Å²) in [6.45, 7) is 0.0983. The maximum absolute atomic E-state index is 12.5. The van der Waals surface area contributed by atoms with Gasteiger partial charge in [0, 0.05) is 12.6 Å². The molecule has 0 aliphatic heterocycles. The monoisotopic (exact) mass is 401 g/mol. The second-order valence-electron chi connectivity index (χ2n) is 6.29. The van der Waals surface area contributed by atoms with Crippen molar-refractivity contribution in [1.82, 2.24) is 4.72 Å². The molecule has 0 radical (unpaired) electrons. The average molecular weight is 401 g/mol. The van der Waals surface area contributed by atoms with Crippen LogP contribution in [0, 0.1) is 0 Å². The van der Waals surface area contributed by atoms with Crippen LogP contribution >= 0.6 is 0 Å². The molecule has 3 rings (SSSR count). The maximum atomic E-state index is 12.5. The third-order valence-corrected chi connectivity index (χ3v) is 6.02. The number of aliphatic hydroxyl groups is 1. The Morgan fingerprint density at radius 2 is 1.68 bits per heavy atom. The van der Waals surface area contributed by atoms with E-state index in [0.717, 1.165) is 16.3 Å². The first-order chi connectivity index (χ1) is 13.5. The lowest BCUT2D eigenvalue weighted by atomic mass is 9.99. The van der Waals surface area contributed by atoms with Crippen LogP contribution in [0.3, 0.4) is 0 Å². The molecule has 2 N–H and O–H groups in total. The molecule has 0 saturated heterocycles. The number of hydrogen-bond acceptors (Lipinski definition) is 5. The molecule has 7 heteroatoms. The van der Waals surface area contributed by atoms with Crippen molar-refractivity contribution in [2.24, 2.45) is 0 Å². The molecule has 28 heavy (non-hydrogen) atoms. The number of hydrogen-bond donors (Lipinski definition) is 2. The van der Waals surface area contributed by atoms with Crippen molar-refractivity contribution >= 4 is 20.8 Å². The zero-order valence-corrected chi connectivity index (χ0v) is 16.6. The highest BCUT2D eigenvalue weighted by Crippen LogP contribution is 2.29. The van der Waals surface area contributed by atoms with Crippen molar-refractivity contribution in [2.75, 3.05) is 20.8 Å². The van der Waals surface area contributed by atoms with Gasteiger partial charge in [0.2, 0.25) is 10.0 Å². The predicted octanol–water partition coefficient (Wildman–Crippen LogP) is 3.26. The highest BCUT2D eigenvalue weighted by atomic mass is 32.2. The Kier molecular flexibility index (Phi) is 6.18. The van der Waals surface area contributed by atoms with Gasteiger partial charge in [-0.2, -0.15) is 0 Å². The van der Waals surface area contributed by atoms with Gasteiger partial charge in [-0.05, 0) is 34.9 Å². The summed E-state index contributed by atoms with van der Waals surface area (Å²) < 4.78 is 37.9. The number of rotatable bonds is 8. The lowest BCUT2D eigenvalue weighted by Crippen LogP contribution is -2.26. The topological polar surface area (TPSA) is 84.9 Å². The minimum Gasteiger partial charge on any atom is -0.493 e. The van der Waals surface area contributed by atoms with E-state index in [4.69, 9.17) is 9.47 Å². The molecule has 1 unspecified atom stereocenters. The van der Waals surface area contributed by atoms with E-state index in [1.54, 1.807) is 6.07 Å². The maximum Gasteiger partial charge on any atom is 0.240 e. The number of ether oxygens (including phenoxy) is 2. The third kappa shape index (κ3) is 4.27. The standard InChI is InChI=1S/C21H23NO5S/c1-26-20-11-10-16(14-21(20)27-2)28(24,25)22-13-12-19(23)18-9-5-7-15-6-3-4-8-17(15)18/h3-11,14,19,22-23H,12-13H2,1-2H3. The van der Waals surface area contributed by atoms with Crippen LogP contribution in [0.1, 0.15) is 18.1 Å². The fourth-order valence-electron chi connectivity index (χ4n) is 3.09. The van der Waals surface area contributed by atoms with Crippen LogP contribution in [-0.2, 0) is 10.0 Å². The zero-order valence-electron chi connectivity index (χ0n) is 15.8. The van der Waals surface area contributed by atoms with Gasteiger partial charge in [0.1, 0.15) is 0 Å². The quantitative estimate of drug-likeness (QED) is 0.605. The van der Waals surface area contributed by atoms with Crippen LogP contribution in [0.2, 0.25) is 0 Å². The van der Waals surface area contributed by atoms with E-state index in [0.29, 0.717) is 11.5 Å². The molecule has 3 aromatic rings. The fraction of sp³-hybridized carbons (Fsp3) is 0.238. The summed E-state index contributed by atoms with van der Waals surface area (Å²) >= 11 is 0. The Morgan fingerprint density at radius 1 is 0.964 bits per heavy atom. The van der Waals surface area contributed by atoms with Gasteiger partial charge in [-0.3, -0.25) is 0 Å². The molecule has 0 amide bonds. The largest absolute Gasteiger partial charge is 0.493 e. The van der Waals surface area contributed by atoms with Crippen LogP contribution in [0.25, 0.3) is 10.8 Å². The molecule has 0 fully saturated rings. The number of fused-ring (bicyclic) bond motifs is 1. The van der Waals surface area contributed by atoms with Crippen LogP contribution in [0.5, 0.6) is 11.5 Å². The highest BCUT2D eigenvalue weighted by molar-refractivity contribution is 7.89. The molecule has 6 nitrogen and oxygen atoms in total. The van der Waals surface area contributed by atoms with Crippen LogP contribution < -0.4 is 14.2 Å². The van der Waals surface area contributed by atoms with Crippen LogP contribution in [0.15, 0.2) is 65.6 Å². The van der Waals surface area contributed by atoms with Gasteiger partial charge in [-0.1, -0.05) is 42.5 Å². The minimum absolute atomic E-state index is 0.0739. The molecule has 1 atom stereocenters. The lowest BCUT2D eigenvalue weighted by molar-refractivity contribution is 0.170. The van der Waals surface area contributed by atoms with Gasteiger partial charge < -0.3 is 14.6 Å². The summed E-state index contributed by atoms with van der Waals surface area (Å²) in [5.41, 5.74) is 0.781. The second-order valence-corrected chi connectivity index (χ2v) is 8.05. The van der Waals surface area contributed by atoms with Gasteiger partial charge in [-0.15, -0.1) is 0 Å². The minimum atomic E-state index is -3.73. The molecule has 0 aliphatic carbocycles. The van der Waals surface area contributed by atoms with Gasteiger partial charge in [0.05, 0.1) is 25.2 Å². The summed E-state index contributed by atoms with van der Waals surface area (Å²) in [7, 11) is -0.803. The average Bonchev–Trinajstić information content (AvgIpc) is 2.72. The van der Waals surface area contributed by atoms with Gasteiger partial charge in [-0.25, -0.2) is 13.1 Å².